The summed E-state index contributed by atoms with van der Waals surface area (Å²) >= 11 is 0. The molecule has 0 aromatic heterocycles. The molecule has 0 spiro atoms. The molecule has 0 fully saturated rings. The first kappa shape index (κ1) is 13.8. The summed E-state index contributed by atoms with van der Waals surface area (Å²) in [6.07, 6.45) is 1.79. The Kier molecular flexibility index (Phi) is 4.01. The number of nitrogens with two attached hydrogens (primary N) is 1. The van der Waals surface area contributed by atoms with E-state index in [1.807, 2.05) is 38.1 Å². The van der Waals surface area contributed by atoms with Gasteiger partial charge in [-0.1, -0.05) is 56.3 Å². The SMILES string of the molecule is CCC(N)(CC)C(=O)Cc1cccc2ccccc12. The first-order valence-electron chi connectivity index (χ1n) is 6.89. The second kappa shape index (κ2) is 5.54. The van der Waals surface area contributed by atoms with E-state index in [1.165, 1.54) is 5.39 Å². The van der Waals surface area contributed by atoms with Crippen molar-refractivity contribution in [1.29, 1.82) is 0 Å². The molecule has 2 nitrogen and oxygen atoms in total. The van der Waals surface area contributed by atoms with Gasteiger partial charge in [0.1, 0.15) is 0 Å². The fraction of sp³-hybridized carbons (Fsp3) is 0.353. The number of fused-ring (bicyclic) bond motifs is 1. The quantitative estimate of drug-likeness (QED) is 0.889. The number of Topliss-reactive ketones (excluding diaryl/α,β-unsaturated/α-hetero) is 1. The van der Waals surface area contributed by atoms with Crippen molar-refractivity contribution in [3.8, 4) is 0 Å². The van der Waals surface area contributed by atoms with Gasteiger partial charge in [0.15, 0.2) is 5.78 Å². The van der Waals surface area contributed by atoms with Crippen LogP contribution in [0.15, 0.2) is 42.5 Å². The van der Waals surface area contributed by atoms with Crippen molar-refractivity contribution in [3.05, 3.63) is 48.0 Å². The van der Waals surface area contributed by atoms with Crippen molar-refractivity contribution in [2.45, 2.75) is 38.6 Å². The van der Waals surface area contributed by atoms with E-state index in [9.17, 15) is 4.79 Å². The Morgan fingerprint density at radius 1 is 1.05 bits per heavy atom. The minimum atomic E-state index is -0.684. The van der Waals surface area contributed by atoms with Gasteiger partial charge in [-0.2, -0.15) is 0 Å². The van der Waals surface area contributed by atoms with Crippen LogP contribution < -0.4 is 5.73 Å². The normalized spacial score (nSPS) is 11.7. The van der Waals surface area contributed by atoms with Crippen molar-refractivity contribution in [2.24, 2.45) is 5.73 Å². The fourth-order valence-electron chi connectivity index (χ4n) is 2.44. The van der Waals surface area contributed by atoms with Gasteiger partial charge in [0.25, 0.3) is 0 Å². The van der Waals surface area contributed by atoms with Gasteiger partial charge in [-0.3, -0.25) is 4.79 Å². The smallest absolute Gasteiger partial charge is 0.156 e. The third-order valence-corrected chi connectivity index (χ3v) is 4.05. The van der Waals surface area contributed by atoms with Gasteiger partial charge < -0.3 is 5.73 Å². The summed E-state index contributed by atoms with van der Waals surface area (Å²) in [4.78, 5) is 12.4. The summed E-state index contributed by atoms with van der Waals surface area (Å²) < 4.78 is 0. The lowest BCUT2D eigenvalue weighted by Crippen LogP contribution is -2.47. The average molecular weight is 255 g/mol. The fourth-order valence-corrected chi connectivity index (χ4v) is 2.44. The van der Waals surface area contributed by atoms with Crippen LogP contribution in [0.5, 0.6) is 0 Å². The molecular formula is C17H21NO. The summed E-state index contributed by atoms with van der Waals surface area (Å²) in [5, 5.41) is 2.32. The molecule has 2 N–H and O–H groups in total. The number of hydrogen-bond acceptors (Lipinski definition) is 2. The lowest BCUT2D eigenvalue weighted by Gasteiger charge is -2.25. The maximum atomic E-state index is 12.4. The van der Waals surface area contributed by atoms with E-state index in [1.54, 1.807) is 0 Å². The Morgan fingerprint density at radius 3 is 2.37 bits per heavy atom. The molecule has 0 saturated carbocycles. The highest BCUT2D eigenvalue weighted by Gasteiger charge is 2.29. The van der Waals surface area contributed by atoms with Crippen molar-refractivity contribution in [1.82, 2.24) is 0 Å². The van der Waals surface area contributed by atoms with E-state index in [0.717, 1.165) is 10.9 Å². The van der Waals surface area contributed by atoms with Crippen molar-refractivity contribution >= 4 is 16.6 Å². The Hall–Kier alpha value is -1.67. The number of ketones is 1. The Bertz CT molecular complexity index is 579. The zero-order valence-corrected chi connectivity index (χ0v) is 11.6. The molecule has 0 amide bonds. The van der Waals surface area contributed by atoms with Crippen LogP contribution in [0.3, 0.4) is 0 Å². The van der Waals surface area contributed by atoms with E-state index < -0.39 is 5.54 Å². The molecule has 0 aliphatic heterocycles. The summed E-state index contributed by atoms with van der Waals surface area (Å²) in [6, 6.07) is 14.2. The van der Waals surface area contributed by atoms with Crippen LogP contribution in [-0.2, 0) is 11.2 Å². The van der Waals surface area contributed by atoms with Crippen LogP contribution in [-0.4, -0.2) is 11.3 Å². The topological polar surface area (TPSA) is 43.1 Å². The number of rotatable bonds is 5. The van der Waals surface area contributed by atoms with Gasteiger partial charge in [-0.15, -0.1) is 0 Å². The second-order valence-corrected chi connectivity index (χ2v) is 5.10. The molecule has 0 heterocycles. The van der Waals surface area contributed by atoms with E-state index in [4.69, 9.17) is 5.73 Å². The first-order chi connectivity index (χ1) is 9.10. The van der Waals surface area contributed by atoms with Crippen LogP contribution in [0.25, 0.3) is 10.8 Å². The van der Waals surface area contributed by atoms with Gasteiger partial charge in [-0.25, -0.2) is 0 Å². The molecule has 0 aliphatic carbocycles. The number of carbonyl (C=O) groups excluding carboxylic acids is 1. The second-order valence-electron chi connectivity index (χ2n) is 5.10. The molecule has 0 bridgehead atoms. The van der Waals surface area contributed by atoms with E-state index in [-0.39, 0.29) is 5.78 Å². The lowest BCUT2D eigenvalue weighted by molar-refractivity contribution is -0.123. The molecule has 0 atom stereocenters. The molecule has 0 saturated heterocycles. The van der Waals surface area contributed by atoms with Crippen LogP contribution in [0.1, 0.15) is 32.3 Å². The Labute approximate surface area is 114 Å². The molecule has 0 radical (unpaired) electrons. The molecule has 100 valence electrons. The predicted octanol–water partition coefficient (Wildman–Crippen LogP) is 3.47. The number of carbonyl (C=O) groups is 1. The van der Waals surface area contributed by atoms with Crippen LogP contribution >= 0.6 is 0 Å². The highest BCUT2D eigenvalue weighted by atomic mass is 16.1. The van der Waals surface area contributed by atoms with Gasteiger partial charge in [0.2, 0.25) is 0 Å². The molecule has 2 aromatic carbocycles. The Morgan fingerprint density at radius 2 is 1.68 bits per heavy atom. The van der Waals surface area contributed by atoms with E-state index in [0.29, 0.717) is 19.3 Å². The van der Waals surface area contributed by atoms with Gasteiger partial charge >= 0.3 is 0 Å². The van der Waals surface area contributed by atoms with Gasteiger partial charge in [0, 0.05) is 6.42 Å². The summed E-state index contributed by atoms with van der Waals surface area (Å²) in [5.74, 6) is 0.133. The highest BCUT2D eigenvalue weighted by molar-refractivity contribution is 5.94. The van der Waals surface area contributed by atoms with Gasteiger partial charge in [0.05, 0.1) is 5.54 Å². The van der Waals surface area contributed by atoms with Crippen LogP contribution in [0, 0.1) is 0 Å². The standard InChI is InChI=1S/C17H21NO/c1-3-17(18,4-2)16(19)12-14-10-7-9-13-8-5-6-11-15(13)14/h5-11H,3-4,12,18H2,1-2H3. The maximum absolute atomic E-state index is 12.4. The first-order valence-corrected chi connectivity index (χ1v) is 6.89. The molecule has 0 unspecified atom stereocenters. The third-order valence-electron chi connectivity index (χ3n) is 4.05. The third kappa shape index (κ3) is 2.69. The average Bonchev–Trinajstić information content (AvgIpc) is 2.46. The van der Waals surface area contributed by atoms with Crippen molar-refractivity contribution in [3.63, 3.8) is 0 Å². The number of benzene rings is 2. The monoisotopic (exact) mass is 255 g/mol. The zero-order valence-electron chi connectivity index (χ0n) is 11.6. The zero-order chi connectivity index (χ0) is 13.9. The molecule has 2 heteroatoms. The Balaban J connectivity index is 2.34. The molecule has 2 aromatic rings. The largest absolute Gasteiger partial charge is 0.319 e. The molecule has 0 aliphatic rings. The lowest BCUT2D eigenvalue weighted by atomic mass is 9.85. The summed E-state index contributed by atoms with van der Waals surface area (Å²) in [6.45, 7) is 3.95. The maximum Gasteiger partial charge on any atom is 0.156 e. The van der Waals surface area contributed by atoms with Gasteiger partial charge in [-0.05, 0) is 29.2 Å². The predicted molar refractivity (Wildman–Crippen MR) is 80.2 cm³/mol. The minimum absolute atomic E-state index is 0.133. The highest BCUT2D eigenvalue weighted by Crippen LogP contribution is 2.22. The van der Waals surface area contributed by atoms with Crippen LogP contribution in [0.2, 0.25) is 0 Å². The summed E-state index contributed by atoms with van der Waals surface area (Å²) in [5.41, 5.74) is 6.57. The molecule has 2 rings (SSSR count). The van der Waals surface area contributed by atoms with E-state index >= 15 is 0 Å². The van der Waals surface area contributed by atoms with Crippen molar-refractivity contribution < 1.29 is 4.79 Å². The van der Waals surface area contributed by atoms with Crippen molar-refractivity contribution in [2.75, 3.05) is 0 Å². The van der Waals surface area contributed by atoms with E-state index in [2.05, 4.69) is 18.2 Å². The molecule has 19 heavy (non-hydrogen) atoms. The number of hydrogen-bond donors (Lipinski definition) is 1. The summed E-state index contributed by atoms with van der Waals surface area (Å²) in [7, 11) is 0. The molecular weight excluding hydrogens is 234 g/mol. The van der Waals surface area contributed by atoms with Crippen LogP contribution in [0.4, 0.5) is 0 Å². The minimum Gasteiger partial charge on any atom is -0.319 e.